The average Bonchev–Trinajstić information content (AvgIpc) is 3.50. The zero-order chi connectivity index (χ0) is 22.8. The molecule has 33 heavy (non-hydrogen) atoms. The summed E-state index contributed by atoms with van der Waals surface area (Å²) in [7, 11) is 1.64. The summed E-state index contributed by atoms with van der Waals surface area (Å²) in [4.78, 5) is 11.7. The van der Waals surface area contributed by atoms with Crippen LogP contribution in [0.3, 0.4) is 0 Å². The molecule has 0 aliphatic heterocycles. The molecule has 0 unspecified atom stereocenters. The molecule has 0 saturated heterocycles. The standard InChI is InChI=1S/C27H25N5O/c1-33-19-11-12-21(26(28)29)22(14-19)23(13-18-15-30-24-10-6-5-9-20(18)24)27-31-16-25(32-27)17-7-3-2-4-8-17/h2-12,14-16,23,30H,13H2,1H3,(H3,28,29)(H,31,32)/t23-/m1/s1. The van der Waals surface area contributed by atoms with Crippen molar-refractivity contribution < 1.29 is 4.74 Å². The molecule has 2 aromatic heterocycles. The Hall–Kier alpha value is -4.32. The predicted octanol–water partition coefficient (Wildman–Crippen LogP) is 5.23. The van der Waals surface area contributed by atoms with E-state index in [9.17, 15) is 0 Å². The van der Waals surface area contributed by atoms with E-state index in [-0.39, 0.29) is 11.8 Å². The number of nitrogens with two attached hydrogens (primary N) is 1. The monoisotopic (exact) mass is 435 g/mol. The maximum atomic E-state index is 8.18. The summed E-state index contributed by atoms with van der Waals surface area (Å²) in [5.74, 6) is 1.39. The number of hydrogen-bond acceptors (Lipinski definition) is 3. The van der Waals surface area contributed by atoms with Crippen LogP contribution in [0.1, 0.15) is 28.4 Å². The zero-order valence-corrected chi connectivity index (χ0v) is 18.3. The van der Waals surface area contributed by atoms with E-state index in [0.717, 1.165) is 28.2 Å². The number of fused-ring (bicyclic) bond motifs is 1. The van der Waals surface area contributed by atoms with Gasteiger partial charge in [0.05, 0.1) is 19.0 Å². The van der Waals surface area contributed by atoms with Gasteiger partial charge in [0.15, 0.2) is 0 Å². The fraction of sp³-hybridized carbons (Fsp3) is 0.111. The smallest absolute Gasteiger partial charge is 0.123 e. The van der Waals surface area contributed by atoms with Gasteiger partial charge in [-0.15, -0.1) is 0 Å². The molecule has 3 aromatic carbocycles. The van der Waals surface area contributed by atoms with Crippen LogP contribution in [0.4, 0.5) is 0 Å². The Bertz CT molecular complexity index is 1420. The Kier molecular flexibility index (Phi) is 5.40. The van der Waals surface area contributed by atoms with Gasteiger partial charge in [0.2, 0.25) is 0 Å². The van der Waals surface area contributed by atoms with Crippen LogP contribution >= 0.6 is 0 Å². The number of H-pyrrole nitrogens is 2. The number of nitrogens with zero attached hydrogens (tertiary/aromatic N) is 1. The van der Waals surface area contributed by atoms with Gasteiger partial charge in [-0.25, -0.2) is 4.98 Å². The Morgan fingerprint density at radius 3 is 2.64 bits per heavy atom. The second kappa shape index (κ2) is 8.67. The summed E-state index contributed by atoms with van der Waals surface area (Å²) in [5.41, 5.74) is 11.8. The van der Waals surface area contributed by atoms with Gasteiger partial charge in [-0.05, 0) is 47.4 Å². The predicted molar refractivity (Wildman–Crippen MR) is 132 cm³/mol. The Morgan fingerprint density at radius 1 is 1.06 bits per heavy atom. The van der Waals surface area contributed by atoms with E-state index in [2.05, 4.69) is 34.2 Å². The second-order valence-electron chi connectivity index (χ2n) is 8.03. The molecule has 5 aromatic rings. The molecule has 164 valence electrons. The molecule has 5 N–H and O–H groups in total. The minimum absolute atomic E-state index is 0.0198. The van der Waals surface area contributed by atoms with Crippen molar-refractivity contribution in [1.82, 2.24) is 15.0 Å². The van der Waals surface area contributed by atoms with Crippen LogP contribution in [-0.4, -0.2) is 27.9 Å². The van der Waals surface area contributed by atoms with Gasteiger partial charge in [-0.1, -0.05) is 48.5 Å². The number of hydrogen-bond donors (Lipinski definition) is 4. The highest BCUT2D eigenvalue weighted by atomic mass is 16.5. The van der Waals surface area contributed by atoms with E-state index in [0.29, 0.717) is 17.7 Å². The SMILES string of the molecule is COc1ccc(C(=N)N)c([C@@H](Cc2c[nH]c3ccccc23)c2ncc(-c3ccccc3)[nH]2)c1. The highest BCUT2D eigenvalue weighted by Gasteiger charge is 2.24. The van der Waals surface area contributed by atoms with Crippen molar-refractivity contribution in [2.24, 2.45) is 5.73 Å². The summed E-state index contributed by atoms with van der Waals surface area (Å²) >= 11 is 0. The molecule has 5 rings (SSSR count). The lowest BCUT2D eigenvalue weighted by molar-refractivity contribution is 0.414. The number of nitrogens with one attached hydrogen (secondary N) is 3. The number of ether oxygens (including phenoxy) is 1. The first-order chi connectivity index (χ1) is 16.1. The number of para-hydroxylation sites is 1. The minimum atomic E-state index is -0.157. The third kappa shape index (κ3) is 3.99. The van der Waals surface area contributed by atoms with E-state index < -0.39 is 0 Å². The van der Waals surface area contributed by atoms with Gasteiger partial charge < -0.3 is 20.4 Å². The Labute approximate surface area is 192 Å². The van der Waals surface area contributed by atoms with Crippen LogP contribution in [0, 0.1) is 5.41 Å². The van der Waals surface area contributed by atoms with Crippen LogP contribution in [0.15, 0.2) is 85.2 Å². The lowest BCUT2D eigenvalue weighted by atomic mass is 9.87. The van der Waals surface area contributed by atoms with Gasteiger partial charge in [-0.3, -0.25) is 5.41 Å². The van der Waals surface area contributed by atoms with Crippen molar-refractivity contribution in [1.29, 1.82) is 5.41 Å². The van der Waals surface area contributed by atoms with Gasteiger partial charge in [0, 0.05) is 28.6 Å². The van der Waals surface area contributed by atoms with Crippen LogP contribution < -0.4 is 10.5 Å². The van der Waals surface area contributed by atoms with E-state index in [1.807, 2.05) is 60.9 Å². The highest BCUT2D eigenvalue weighted by molar-refractivity contribution is 5.97. The first kappa shape index (κ1) is 20.6. The molecule has 1 atom stereocenters. The number of nitrogen functional groups attached to an aromatic ring is 1. The molecule has 2 heterocycles. The molecule has 0 saturated carbocycles. The molecular weight excluding hydrogens is 410 g/mol. The molecule has 0 aliphatic rings. The minimum Gasteiger partial charge on any atom is -0.497 e. The fourth-order valence-corrected chi connectivity index (χ4v) is 4.35. The normalized spacial score (nSPS) is 12.0. The summed E-state index contributed by atoms with van der Waals surface area (Å²) in [6.07, 6.45) is 4.59. The molecular formula is C27H25N5O. The lowest BCUT2D eigenvalue weighted by Crippen LogP contribution is -2.18. The van der Waals surface area contributed by atoms with Crippen molar-refractivity contribution in [3.63, 3.8) is 0 Å². The van der Waals surface area contributed by atoms with Crippen LogP contribution in [0.5, 0.6) is 5.75 Å². The highest BCUT2D eigenvalue weighted by Crippen LogP contribution is 2.34. The third-order valence-corrected chi connectivity index (χ3v) is 6.03. The molecule has 0 aliphatic carbocycles. The van der Waals surface area contributed by atoms with E-state index in [1.165, 1.54) is 10.9 Å². The topological polar surface area (TPSA) is 104 Å². The van der Waals surface area contributed by atoms with Crippen LogP contribution in [0.2, 0.25) is 0 Å². The lowest BCUT2D eigenvalue weighted by Gasteiger charge is -2.19. The summed E-state index contributed by atoms with van der Waals surface area (Å²) in [6, 6.07) is 24.0. The number of benzene rings is 3. The van der Waals surface area contributed by atoms with Crippen molar-refractivity contribution >= 4 is 16.7 Å². The average molecular weight is 436 g/mol. The maximum absolute atomic E-state index is 8.18. The largest absolute Gasteiger partial charge is 0.497 e. The number of rotatable bonds is 7. The van der Waals surface area contributed by atoms with Crippen LogP contribution in [0.25, 0.3) is 22.2 Å². The number of amidine groups is 1. The third-order valence-electron chi connectivity index (χ3n) is 6.03. The van der Waals surface area contributed by atoms with Crippen molar-refractivity contribution in [2.45, 2.75) is 12.3 Å². The van der Waals surface area contributed by atoms with Crippen LogP contribution in [-0.2, 0) is 6.42 Å². The molecule has 0 radical (unpaired) electrons. The zero-order valence-electron chi connectivity index (χ0n) is 18.3. The Balaban J connectivity index is 1.65. The molecule has 0 amide bonds. The van der Waals surface area contributed by atoms with E-state index >= 15 is 0 Å². The fourth-order valence-electron chi connectivity index (χ4n) is 4.35. The quantitative estimate of drug-likeness (QED) is 0.208. The van der Waals surface area contributed by atoms with Crippen molar-refractivity contribution in [3.05, 3.63) is 108 Å². The summed E-state index contributed by atoms with van der Waals surface area (Å²) in [6.45, 7) is 0. The molecule has 6 heteroatoms. The van der Waals surface area contributed by atoms with E-state index in [1.54, 1.807) is 7.11 Å². The number of aromatic nitrogens is 3. The maximum Gasteiger partial charge on any atom is 0.123 e. The van der Waals surface area contributed by atoms with Gasteiger partial charge >= 0.3 is 0 Å². The van der Waals surface area contributed by atoms with Gasteiger partial charge in [-0.2, -0.15) is 0 Å². The van der Waals surface area contributed by atoms with E-state index in [4.69, 9.17) is 20.9 Å². The van der Waals surface area contributed by atoms with Crippen molar-refractivity contribution in [3.8, 4) is 17.0 Å². The van der Waals surface area contributed by atoms with Crippen molar-refractivity contribution in [2.75, 3.05) is 7.11 Å². The Morgan fingerprint density at radius 2 is 1.85 bits per heavy atom. The number of methoxy groups -OCH3 is 1. The van der Waals surface area contributed by atoms with Gasteiger partial charge in [0.1, 0.15) is 17.4 Å². The molecule has 6 nitrogen and oxygen atoms in total. The number of aromatic amines is 2. The first-order valence-corrected chi connectivity index (χ1v) is 10.8. The first-order valence-electron chi connectivity index (χ1n) is 10.8. The second-order valence-corrected chi connectivity index (χ2v) is 8.03. The summed E-state index contributed by atoms with van der Waals surface area (Å²) < 4.78 is 5.51. The molecule has 0 spiro atoms. The summed E-state index contributed by atoms with van der Waals surface area (Å²) in [5, 5.41) is 9.35. The number of imidazole rings is 1. The molecule has 0 fully saturated rings. The molecule has 0 bridgehead atoms. The van der Waals surface area contributed by atoms with Gasteiger partial charge in [0.25, 0.3) is 0 Å².